The highest BCUT2D eigenvalue weighted by Crippen LogP contribution is 2.33. The van der Waals surface area contributed by atoms with Crippen LogP contribution >= 0.6 is 0 Å². The van der Waals surface area contributed by atoms with E-state index < -0.39 is 16.4 Å². The van der Waals surface area contributed by atoms with Gasteiger partial charge < -0.3 is 10.1 Å². The van der Waals surface area contributed by atoms with E-state index in [4.69, 9.17) is 4.74 Å². The highest BCUT2D eigenvalue weighted by atomic mass is 19.1. The average molecular weight is 394 g/mol. The molecule has 0 fully saturated rings. The Morgan fingerprint density at radius 2 is 2.03 bits per heavy atom. The van der Waals surface area contributed by atoms with Gasteiger partial charge in [-0.1, -0.05) is 18.2 Å². The summed E-state index contributed by atoms with van der Waals surface area (Å²) in [6.07, 6.45) is 1.53. The maximum atomic E-state index is 13.9. The number of anilines is 2. The quantitative estimate of drug-likeness (QED) is 0.404. The molecule has 2 heterocycles. The first-order chi connectivity index (χ1) is 14.0. The molecule has 0 unspecified atom stereocenters. The Balaban J connectivity index is 1.75. The van der Waals surface area contributed by atoms with Crippen molar-refractivity contribution in [3.63, 3.8) is 0 Å². The molecule has 0 aliphatic carbocycles. The summed E-state index contributed by atoms with van der Waals surface area (Å²) < 4.78 is 20.6. The molecule has 0 aliphatic heterocycles. The molecule has 4 rings (SSSR count). The van der Waals surface area contributed by atoms with Crippen LogP contribution in [0.1, 0.15) is 5.69 Å². The van der Waals surface area contributed by atoms with Crippen LogP contribution in [0.3, 0.4) is 0 Å². The molecule has 0 aliphatic rings. The molecule has 0 radical (unpaired) electrons. The number of methoxy groups -OCH3 is 1. The Labute approximate surface area is 163 Å². The summed E-state index contributed by atoms with van der Waals surface area (Å²) in [5.41, 5.74) is 1.21. The predicted octanol–water partition coefficient (Wildman–Crippen LogP) is 3.92. The smallest absolute Gasteiger partial charge is 0.307 e. The molecule has 0 saturated heterocycles. The molecule has 0 amide bonds. The number of fused-ring (bicyclic) bond motifs is 1. The summed E-state index contributed by atoms with van der Waals surface area (Å²) in [6, 6.07) is 11.4. The first-order valence-electron chi connectivity index (χ1n) is 8.54. The van der Waals surface area contributed by atoms with Crippen molar-refractivity contribution < 1.29 is 14.1 Å². The molecule has 0 spiro atoms. The van der Waals surface area contributed by atoms with Gasteiger partial charge in [0.15, 0.2) is 5.82 Å². The van der Waals surface area contributed by atoms with Crippen molar-refractivity contribution in [2.75, 3.05) is 12.4 Å². The molecule has 9 nitrogen and oxygen atoms in total. The van der Waals surface area contributed by atoms with Crippen LogP contribution in [0, 0.1) is 22.9 Å². The SMILES string of the molecule is COc1cc(F)c([N+](=O)[O-])cc1Nc1nccc(-n2nc(C)c3ccccc32)n1. The molecule has 4 aromatic rings. The summed E-state index contributed by atoms with van der Waals surface area (Å²) in [4.78, 5) is 18.8. The van der Waals surface area contributed by atoms with Crippen LogP contribution in [0.2, 0.25) is 0 Å². The number of hydrogen-bond acceptors (Lipinski definition) is 7. The minimum atomic E-state index is -0.995. The summed E-state index contributed by atoms with van der Waals surface area (Å²) >= 11 is 0. The van der Waals surface area contributed by atoms with Gasteiger partial charge in [0.25, 0.3) is 0 Å². The minimum Gasteiger partial charge on any atom is -0.494 e. The Hall–Kier alpha value is -4.08. The number of benzene rings is 2. The van der Waals surface area contributed by atoms with Gasteiger partial charge in [-0.25, -0.2) is 9.67 Å². The van der Waals surface area contributed by atoms with E-state index in [1.54, 1.807) is 10.7 Å². The summed E-state index contributed by atoms with van der Waals surface area (Å²) in [7, 11) is 1.34. The lowest BCUT2D eigenvalue weighted by molar-refractivity contribution is -0.387. The monoisotopic (exact) mass is 394 g/mol. The number of para-hydroxylation sites is 1. The number of ether oxygens (including phenoxy) is 1. The Morgan fingerprint density at radius 1 is 1.24 bits per heavy atom. The molecule has 0 atom stereocenters. The molecule has 29 heavy (non-hydrogen) atoms. The van der Waals surface area contributed by atoms with Gasteiger partial charge >= 0.3 is 5.69 Å². The maximum absolute atomic E-state index is 13.9. The van der Waals surface area contributed by atoms with Gasteiger partial charge in [-0.05, 0) is 13.0 Å². The minimum absolute atomic E-state index is 0.0856. The van der Waals surface area contributed by atoms with Crippen LogP contribution in [0.25, 0.3) is 16.7 Å². The normalized spacial score (nSPS) is 10.9. The second-order valence-corrected chi connectivity index (χ2v) is 6.14. The van der Waals surface area contributed by atoms with Gasteiger partial charge in [-0.2, -0.15) is 14.5 Å². The Bertz CT molecular complexity index is 1240. The van der Waals surface area contributed by atoms with Crippen LogP contribution < -0.4 is 10.1 Å². The first-order valence-corrected chi connectivity index (χ1v) is 8.54. The Morgan fingerprint density at radius 3 is 2.79 bits per heavy atom. The summed E-state index contributed by atoms with van der Waals surface area (Å²) in [6.45, 7) is 1.90. The van der Waals surface area contributed by atoms with Crippen molar-refractivity contribution in [2.24, 2.45) is 0 Å². The third-order valence-electron chi connectivity index (χ3n) is 4.34. The highest BCUT2D eigenvalue weighted by Gasteiger charge is 2.20. The molecule has 2 aromatic carbocycles. The van der Waals surface area contributed by atoms with Gasteiger partial charge in [0.1, 0.15) is 5.75 Å². The number of rotatable bonds is 5. The number of aryl methyl sites for hydroxylation is 1. The second-order valence-electron chi connectivity index (χ2n) is 6.14. The van der Waals surface area contributed by atoms with Crippen molar-refractivity contribution in [3.05, 3.63) is 70.3 Å². The van der Waals surface area contributed by atoms with Crippen LogP contribution in [-0.4, -0.2) is 31.8 Å². The van der Waals surface area contributed by atoms with E-state index in [1.165, 1.54) is 13.3 Å². The van der Waals surface area contributed by atoms with E-state index >= 15 is 0 Å². The third kappa shape index (κ3) is 3.31. The van der Waals surface area contributed by atoms with Crippen molar-refractivity contribution in [3.8, 4) is 11.6 Å². The van der Waals surface area contributed by atoms with Crippen molar-refractivity contribution in [1.29, 1.82) is 0 Å². The van der Waals surface area contributed by atoms with Gasteiger partial charge in [-0.3, -0.25) is 10.1 Å². The van der Waals surface area contributed by atoms with Gasteiger partial charge in [0, 0.05) is 29.8 Å². The Kier molecular flexibility index (Phi) is 4.51. The fourth-order valence-electron chi connectivity index (χ4n) is 2.99. The van der Waals surface area contributed by atoms with E-state index in [9.17, 15) is 14.5 Å². The molecule has 0 saturated carbocycles. The number of nitrogens with one attached hydrogen (secondary N) is 1. The highest BCUT2D eigenvalue weighted by molar-refractivity contribution is 5.83. The van der Waals surface area contributed by atoms with Crippen LogP contribution in [0.5, 0.6) is 5.75 Å². The predicted molar refractivity (Wildman–Crippen MR) is 104 cm³/mol. The van der Waals surface area contributed by atoms with Gasteiger partial charge in [-0.15, -0.1) is 0 Å². The van der Waals surface area contributed by atoms with E-state index in [0.29, 0.717) is 5.82 Å². The molecule has 1 N–H and O–H groups in total. The number of nitro benzene ring substituents is 1. The number of aromatic nitrogens is 4. The van der Waals surface area contributed by atoms with Crippen LogP contribution in [-0.2, 0) is 0 Å². The lowest BCUT2D eigenvalue weighted by atomic mass is 10.2. The molecule has 2 aromatic heterocycles. The number of hydrogen-bond donors (Lipinski definition) is 1. The largest absolute Gasteiger partial charge is 0.494 e. The third-order valence-corrected chi connectivity index (χ3v) is 4.34. The van der Waals surface area contributed by atoms with E-state index in [-0.39, 0.29) is 17.4 Å². The molecule has 0 bridgehead atoms. The zero-order valence-corrected chi connectivity index (χ0v) is 15.5. The zero-order chi connectivity index (χ0) is 20.5. The lowest BCUT2D eigenvalue weighted by Crippen LogP contribution is -2.05. The van der Waals surface area contributed by atoms with E-state index in [0.717, 1.165) is 28.7 Å². The number of nitro groups is 1. The molecular weight excluding hydrogens is 379 g/mol. The van der Waals surface area contributed by atoms with E-state index in [2.05, 4.69) is 20.4 Å². The van der Waals surface area contributed by atoms with Gasteiger partial charge in [0.05, 0.1) is 28.9 Å². The fraction of sp³-hybridized carbons (Fsp3) is 0.105. The van der Waals surface area contributed by atoms with Gasteiger partial charge in [0.2, 0.25) is 11.8 Å². The second kappa shape index (κ2) is 7.15. The number of nitrogens with zero attached hydrogens (tertiary/aromatic N) is 5. The molecule has 10 heteroatoms. The molecular formula is C19H15FN6O3. The molecule has 146 valence electrons. The standard InChI is InChI=1S/C19H15FN6O3/c1-11-12-5-3-4-6-15(12)25(24-11)18-7-8-21-19(23-18)22-14-10-16(26(27)28)13(20)9-17(14)29-2/h3-10H,1-2H3,(H,21,22,23). The van der Waals surface area contributed by atoms with Crippen LogP contribution in [0.15, 0.2) is 48.7 Å². The maximum Gasteiger partial charge on any atom is 0.307 e. The summed E-state index contributed by atoms with van der Waals surface area (Å²) in [5.74, 6) is -0.255. The van der Waals surface area contributed by atoms with Crippen molar-refractivity contribution in [1.82, 2.24) is 19.7 Å². The van der Waals surface area contributed by atoms with E-state index in [1.807, 2.05) is 31.2 Å². The topological polar surface area (TPSA) is 108 Å². The fourth-order valence-corrected chi connectivity index (χ4v) is 2.99. The zero-order valence-electron chi connectivity index (χ0n) is 15.5. The van der Waals surface area contributed by atoms with Crippen molar-refractivity contribution in [2.45, 2.75) is 6.92 Å². The van der Waals surface area contributed by atoms with Crippen LogP contribution in [0.4, 0.5) is 21.7 Å². The average Bonchev–Trinajstić information content (AvgIpc) is 3.06. The number of halogens is 1. The lowest BCUT2D eigenvalue weighted by Gasteiger charge is -2.11. The summed E-state index contributed by atoms with van der Waals surface area (Å²) in [5, 5.41) is 19.4. The van der Waals surface area contributed by atoms with Crippen molar-refractivity contribution >= 4 is 28.2 Å². The first kappa shape index (κ1) is 18.3.